The predicted octanol–water partition coefficient (Wildman–Crippen LogP) is 3.34. The first kappa shape index (κ1) is 13.1. The highest BCUT2D eigenvalue weighted by molar-refractivity contribution is 5.23. The molecular formula is C13H23NO2. The van der Waals surface area contributed by atoms with Crippen molar-refractivity contribution in [3.05, 3.63) is 22.0 Å². The lowest BCUT2D eigenvalue weighted by Crippen LogP contribution is -2.24. The number of aromatic amines is 1. The van der Waals surface area contributed by atoms with Gasteiger partial charge in [0.2, 0.25) is 0 Å². The normalized spacial score (nSPS) is 13.1. The van der Waals surface area contributed by atoms with Crippen molar-refractivity contribution in [2.75, 3.05) is 0 Å². The van der Waals surface area contributed by atoms with Gasteiger partial charge in [0.05, 0.1) is 5.69 Å². The third kappa shape index (κ3) is 2.57. The Morgan fingerprint density at radius 2 is 1.75 bits per heavy atom. The van der Waals surface area contributed by atoms with E-state index in [0.717, 1.165) is 24.3 Å². The van der Waals surface area contributed by atoms with E-state index >= 15 is 0 Å². The molecule has 1 aromatic heterocycles. The van der Waals surface area contributed by atoms with E-state index in [1.54, 1.807) is 0 Å². The van der Waals surface area contributed by atoms with Crippen molar-refractivity contribution < 1.29 is 4.42 Å². The number of oxazole rings is 1. The van der Waals surface area contributed by atoms with Gasteiger partial charge in [0.25, 0.3) is 0 Å². The summed E-state index contributed by atoms with van der Waals surface area (Å²) in [5.74, 6) is 0.444. The van der Waals surface area contributed by atoms with Crippen LogP contribution in [-0.4, -0.2) is 4.98 Å². The van der Waals surface area contributed by atoms with E-state index in [9.17, 15) is 4.79 Å². The summed E-state index contributed by atoms with van der Waals surface area (Å²) >= 11 is 0. The number of rotatable bonds is 3. The van der Waals surface area contributed by atoms with Crippen LogP contribution in [-0.2, 0) is 10.8 Å². The molecule has 0 saturated heterocycles. The van der Waals surface area contributed by atoms with Gasteiger partial charge in [0.1, 0.15) is 5.76 Å². The Morgan fingerprint density at radius 1 is 1.19 bits per heavy atom. The molecule has 0 bridgehead atoms. The average Bonchev–Trinajstić information content (AvgIpc) is 2.46. The minimum absolute atomic E-state index is 0.0382. The summed E-state index contributed by atoms with van der Waals surface area (Å²) < 4.78 is 5.30. The van der Waals surface area contributed by atoms with Crippen LogP contribution in [0.3, 0.4) is 0 Å². The Morgan fingerprint density at radius 3 is 2.19 bits per heavy atom. The summed E-state index contributed by atoms with van der Waals surface area (Å²) in [6, 6.07) is 0. The second-order valence-corrected chi connectivity index (χ2v) is 6.10. The Labute approximate surface area is 97.3 Å². The van der Waals surface area contributed by atoms with Crippen LogP contribution in [0.1, 0.15) is 65.8 Å². The van der Waals surface area contributed by atoms with Gasteiger partial charge in [-0.25, -0.2) is 4.79 Å². The zero-order chi connectivity index (χ0) is 12.6. The summed E-state index contributed by atoms with van der Waals surface area (Å²) in [7, 11) is 0. The lowest BCUT2D eigenvalue weighted by Gasteiger charge is -2.26. The predicted molar refractivity (Wildman–Crippen MR) is 66.0 cm³/mol. The zero-order valence-electron chi connectivity index (χ0n) is 11.2. The van der Waals surface area contributed by atoms with Crippen molar-refractivity contribution in [3.63, 3.8) is 0 Å². The van der Waals surface area contributed by atoms with Gasteiger partial charge in [-0.05, 0) is 6.42 Å². The Hall–Kier alpha value is -0.990. The molecule has 1 aromatic rings. The molecule has 1 N–H and O–H groups in total. The van der Waals surface area contributed by atoms with E-state index in [0.29, 0.717) is 0 Å². The van der Waals surface area contributed by atoms with Crippen molar-refractivity contribution >= 4 is 0 Å². The van der Waals surface area contributed by atoms with Crippen LogP contribution in [0.5, 0.6) is 0 Å². The summed E-state index contributed by atoms with van der Waals surface area (Å²) in [4.78, 5) is 14.2. The maximum atomic E-state index is 11.4. The molecule has 0 amide bonds. The van der Waals surface area contributed by atoms with Crippen LogP contribution in [0.15, 0.2) is 9.21 Å². The van der Waals surface area contributed by atoms with E-state index in [1.165, 1.54) is 0 Å². The van der Waals surface area contributed by atoms with Gasteiger partial charge in [0, 0.05) is 10.8 Å². The maximum Gasteiger partial charge on any atom is 0.416 e. The molecule has 1 rings (SSSR count). The SMILES string of the molecule is CCCC(C)(C)c1[nH]c(=O)oc1C(C)(C)C. The third-order valence-corrected chi connectivity index (χ3v) is 2.88. The van der Waals surface area contributed by atoms with Crippen LogP contribution < -0.4 is 5.76 Å². The molecule has 0 fully saturated rings. The van der Waals surface area contributed by atoms with Crippen LogP contribution in [0.25, 0.3) is 0 Å². The average molecular weight is 225 g/mol. The first-order valence-corrected chi connectivity index (χ1v) is 5.92. The van der Waals surface area contributed by atoms with Crippen LogP contribution in [0.2, 0.25) is 0 Å². The van der Waals surface area contributed by atoms with Crippen molar-refractivity contribution in [2.24, 2.45) is 0 Å². The molecule has 92 valence electrons. The van der Waals surface area contributed by atoms with Crippen molar-refractivity contribution in [3.8, 4) is 0 Å². The van der Waals surface area contributed by atoms with Gasteiger partial charge in [-0.3, -0.25) is 4.98 Å². The molecule has 0 aliphatic carbocycles. The molecular weight excluding hydrogens is 202 g/mol. The fraction of sp³-hybridized carbons (Fsp3) is 0.769. The number of nitrogens with one attached hydrogen (secondary N) is 1. The second-order valence-electron chi connectivity index (χ2n) is 6.10. The van der Waals surface area contributed by atoms with Crippen LogP contribution in [0, 0.1) is 0 Å². The Balaban J connectivity index is 3.28. The largest absolute Gasteiger partial charge is 0.416 e. The first-order valence-electron chi connectivity index (χ1n) is 5.92. The Bertz CT molecular complexity index is 404. The van der Waals surface area contributed by atoms with Crippen LogP contribution in [0.4, 0.5) is 0 Å². The van der Waals surface area contributed by atoms with E-state index in [2.05, 4.69) is 46.5 Å². The van der Waals surface area contributed by atoms with Crippen molar-refractivity contribution in [1.29, 1.82) is 0 Å². The lowest BCUT2D eigenvalue weighted by molar-refractivity contribution is 0.368. The monoisotopic (exact) mass is 225 g/mol. The van der Waals surface area contributed by atoms with Gasteiger partial charge in [-0.2, -0.15) is 0 Å². The second kappa shape index (κ2) is 4.11. The number of hydrogen-bond acceptors (Lipinski definition) is 2. The molecule has 3 heteroatoms. The standard InChI is InChI=1S/C13H23NO2/c1-7-8-13(5,6)9-10(12(2,3)4)16-11(15)14-9/h7-8H2,1-6H3,(H,14,15). The summed E-state index contributed by atoms with van der Waals surface area (Å²) in [6.07, 6.45) is 2.12. The third-order valence-electron chi connectivity index (χ3n) is 2.88. The molecule has 0 unspecified atom stereocenters. The van der Waals surface area contributed by atoms with E-state index < -0.39 is 0 Å². The topological polar surface area (TPSA) is 46.0 Å². The van der Waals surface area contributed by atoms with Crippen molar-refractivity contribution in [1.82, 2.24) is 4.98 Å². The molecule has 1 heterocycles. The summed E-state index contributed by atoms with van der Waals surface area (Å²) in [6.45, 7) is 12.6. The maximum absolute atomic E-state index is 11.4. The highest BCUT2D eigenvalue weighted by Gasteiger charge is 2.32. The highest BCUT2D eigenvalue weighted by Crippen LogP contribution is 2.34. The van der Waals surface area contributed by atoms with Gasteiger partial charge in [0.15, 0.2) is 0 Å². The number of H-pyrrole nitrogens is 1. The fourth-order valence-electron chi connectivity index (χ4n) is 2.08. The molecule has 0 atom stereocenters. The van der Waals surface area contributed by atoms with Crippen molar-refractivity contribution in [2.45, 2.75) is 65.2 Å². The molecule has 0 aromatic carbocycles. The smallest absolute Gasteiger partial charge is 0.412 e. The minimum atomic E-state index is -0.343. The molecule has 0 saturated carbocycles. The molecule has 0 aliphatic rings. The lowest BCUT2D eigenvalue weighted by atomic mass is 9.79. The fourth-order valence-corrected chi connectivity index (χ4v) is 2.08. The quantitative estimate of drug-likeness (QED) is 0.857. The van der Waals surface area contributed by atoms with Gasteiger partial charge in [-0.1, -0.05) is 48.0 Å². The molecule has 0 spiro atoms. The minimum Gasteiger partial charge on any atom is -0.412 e. The van der Waals surface area contributed by atoms with Gasteiger partial charge in [-0.15, -0.1) is 0 Å². The molecule has 0 radical (unpaired) electrons. The van der Waals surface area contributed by atoms with E-state index in [-0.39, 0.29) is 16.6 Å². The van der Waals surface area contributed by atoms with Gasteiger partial charge >= 0.3 is 5.76 Å². The molecule has 16 heavy (non-hydrogen) atoms. The number of hydrogen-bond donors (Lipinski definition) is 1. The number of aromatic nitrogens is 1. The zero-order valence-corrected chi connectivity index (χ0v) is 11.2. The highest BCUT2D eigenvalue weighted by atomic mass is 16.4. The van der Waals surface area contributed by atoms with E-state index in [1.807, 2.05) is 0 Å². The van der Waals surface area contributed by atoms with E-state index in [4.69, 9.17) is 4.42 Å². The Kier molecular flexibility index (Phi) is 3.36. The molecule has 3 nitrogen and oxygen atoms in total. The first-order chi connectivity index (χ1) is 7.18. The molecule has 0 aliphatic heterocycles. The summed E-state index contributed by atoms with van der Waals surface area (Å²) in [5, 5.41) is 0. The summed E-state index contributed by atoms with van der Waals surface area (Å²) in [5.41, 5.74) is 0.773. The van der Waals surface area contributed by atoms with Crippen LogP contribution >= 0.6 is 0 Å². The van der Waals surface area contributed by atoms with Gasteiger partial charge < -0.3 is 4.42 Å².